The summed E-state index contributed by atoms with van der Waals surface area (Å²) in [7, 11) is -2.02. The van der Waals surface area contributed by atoms with E-state index in [0.29, 0.717) is 45.9 Å². The van der Waals surface area contributed by atoms with Gasteiger partial charge in [-0.25, -0.2) is 8.42 Å². The average molecular weight is 399 g/mol. The minimum Gasteiger partial charge on any atom is -0.385 e. The van der Waals surface area contributed by atoms with E-state index in [2.05, 4.69) is 10.6 Å². The minimum atomic E-state index is -3.60. The number of ether oxygens (including phenoxy) is 2. The zero-order valence-electron chi connectivity index (χ0n) is 15.3. The van der Waals surface area contributed by atoms with Crippen LogP contribution in [0.2, 0.25) is 0 Å². The molecule has 1 fully saturated rings. The zero-order valence-corrected chi connectivity index (χ0v) is 16.1. The first-order chi connectivity index (χ1) is 12.9. The highest BCUT2D eigenvalue weighted by atomic mass is 32.2. The number of rotatable bonds is 9. The van der Waals surface area contributed by atoms with E-state index in [1.54, 1.807) is 7.11 Å². The number of nitrogens with one attached hydrogen (secondary N) is 2. The maximum Gasteiger partial charge on any atom is 0.251 e. The summed E-state index contributed by atoms with van der Waals surface area (Å²) in [4.78, 5) is 23.9. The summed E-state index contributed by atoms with van der Waals surface area (Å²) >= 11 is 0. The van der Waals surface area contributed by atoms with Crippen LogP contribution in [0.4, 0.5) is 0 Å². The number of nitrogens with zero attached hydrogens (tertiary/aromatic N) is 1. The Morgan fingerprint density at radius 1 is 1.15 bits per heavy atom. The van der Waals surface area contributed by atoms with Crippen LogP contribution < -0.4 is 10.6 Å². The van der Waals surface area contributed by atoms with Gasteiger partial charge in [-0.1, -0.05) is 0 Å². The third-order valence-electron chi connectivity index (χ3n) is 3.98. The Hall–Kier alpha value is -2.01. The largest absolute Gasteiger partial charge is 0.385 e. The van der Waals surface area contributed by atoms with E-state index in [-0.39, 0.29) is 22.9 Å². The summed E-state index contributed by atoms with van der Waals surface area (Å²) in [6.07, 6.45) is 0.690. The maximum absolute atomic E-state index is 12.5. The monoisotopic (exact) mass is 399 g/mol. The van der Waals surface area contributed by atoms with Gasteiger partial charge in [0, 0.05) is 38.9 Å². The van der Waals surface area contributed by atoms with Crippen molar-refractivity contribution in [1.82, 2.24) is 14.9 Å². The van der Waals surface area contributed by atoms with E-state index in [0.717, 1.165) is 0 Å². The van der Waals surface area contributed by atoms with Gasteiger partial charge in [0.25, 0.3) is 5.91 Å². The molecule has 0 spiro atoms. The molecule has 0 unspecified atom stereocenters. The summed E-state index contributed by atoms with van der Waals surface area (Å²) in [6.45, 7) is 2.22. The maximum atomic E-state index is 12.5. The number of hydrogen-bond donors (Lipinski definition) is 2. The molecule has 27 heavy (non-hydrogen) atoms. The van der Waals surface area contributed by atoms with E-state index >= 15 is 0 Å². The second-order valence-corrected chi connectivity index (χ2v) is 7.86. The van der Waals surface area contributed by atoms with Gasteiger partial charge in [0.15, 0.2) is 0 Å². The number of amides is 2. The Labute approximate surface area is 159 Å². The smallest absolute Gasteiger partial charge is 0.251 e. The molecule has 1 aliphatic rings. The molecule has 1 heterocycles. The first kappa shape index (κ1) is 21.3. The molecule has 2 amide bonds. The Kier molecular flexibility index (Phi) is 8.17. The van der Waals surface area contributed by atoms with Crippen LogP contribution in [0.1, 0.15) is 16.8 Å². The number of carbonyl (C=O) groups excluding carboxylic acids is 2. The zero-order chi connectivity index (χ0) is 19.7. The first-order valence-corrected chi connectivity index (χ1v) is 10.1. The predicted octanol–water partition coefficient (Wildman–Crippen LogP) is -0.410. The Morgan fingerprint density at radius 2 is 1.81 bits per heavy atom. The van der Waals surface area contributed by atoms with Crippen molar-refractivity contribution in [1.29, 1.82) is 0 Å². The van der Waals surface area contributed by atoms with Crippen molar-refractivity contribution >= 4 is 21.8 Å². The summed E-state index contributed by atoms with van der Waals surface area (Å²) in [5, 5.41) is 5.16. The van der Waals surface area contributed by atoms with Crippen molar-refractivity contribution in [3.05, 3.63) is 29.8 Å². The molecule has 2 N–H and O–H groups in total. The van der Waals surface area contributed by atoms with Crippen molar-refractivity contribution in [3.8, 4) is 0 Å². The van der Waals surface area contributed by atoms with Gasteiger partial charge in [-0.3, -0.25) is 9.59 Å². The summed E-state index contributed by atoms with van der Waals surface area (Å²) in [5.74, 6) is -0.747. The number of methoxy groups -OCH3 is 1. The van der Waals surface area contributed by atoms with Crippen molar-refractivity contribution in [3.63, 3.8) is 0 Å². The minimum absolute atomic E-state index is 0.122. The van der Waals surface area contributed by atoms with Crippen molar-refractivity contribution < 1.29 is 27.5 Å². The van der Waals surface area contributed by atoms with Gasteiger partial charge >= 0.3 is 0 Å². The molecule has 0 bridgehead atoms. The molecule has 1 aromatic rings. The Bertz CT molecular complexity index is 730. The van der Waals surface area contributed by atoms with Crippen LogP contribution in [0, 0.1) is 0 Å². The molecule has 1 aromatic carbocycles. The van der Waals surface area contributed by atoms with E-state index in [9.17, 15) is 18.0 Å². The molecule has 1 aliphatic heterocycles. The molecule has 0 saturated carbocycles. The topological polar surface area (TPSA) is 114 Å². The second kappa shape index (κ2) is 10.4. The lowest BCUT2D eigenvalue weighted by atomic mass is 10.2. The summed E-state index contributed by atoms with van der Waals surface area (Å²) < 4.78 is 36.5. The Balaban J connectivity index is 1.87. The average Bonchev–Trinajstić information content (AvgIpc) is 2.70. The van der Waals surface area contributed by atoms with E-state index < -0.39 is 15.9 Å². The van der Waals surface area contributed by atoms with Gasteiger partial charge in [0.1, 0.15) is 0 Å². The van der Waals surface area contributed by atoms with Gasteiger partial charge in [-0.2, -0.15) is 4.31 Å². The van der Waals surface area contributed by atoms with E-state index in [4.69, 9.17) is 9.47 Å². The van der Waals surface area contributed by atoms with Crippen LogP contribution >= 0.6 is 0 Å². The van der Waals surface area contributed by atoms with E-state index in [1.807, 2.05) is 0 Å². The fraction of sp³-hybridized carbons (Fsp3) is 0.529. The predicted molar refractivity (Wildman–Crippen MR) is 97.9 cm³/mol. The SMILES string of the molecule is COCCCNC(=O)CNC(=O)c1ccc(S(=O)(=O)N2CCOCC2)cc1. The molecule has 9 nitrogen and oxygen atoms in total. The summed E-state index contributed by atoms with van der Waals surface area (Å²) in [5.41, 5.74) is 0.281. The summed E-state index contributed by atoms with van der Waals surface area (Å²) in [6, 6.07) is 5.65. The van der Waals surface area contributed by atoms with Crippen molar-refractivity contribution in [2.75, 3.05) is 53.1 Å². The number of carbonyl (C=O) groups is 2. The third-order valence-corrected chi connectivity index (χ3v) is 5.89. The fourth-order valence-electron chi connectivity index (χ4n) is 2.48. The lowest BCUT2D eigenvalue weighted by molar-refractivity contribution is -0.120. The van der Waals surface area contributed by atoms with E-state index in [1.165, 1.54) is 28.6 Å². The Morgan fingerprint density at radius 3 is 2.44 bits per heavy atom. The lowest BCUT2D eigenvalue weighted by Gasteiger charge is -2.26. The molecule has 10 heteroatoms. The van der Waals surface area contributed by atoms with Gasteiger partial charge in [0.2, 0.25) is 15.9 Å². The molecular formula is C17H25N3O6S. The standard InChI is InChI=1S/C17H25N3O6S/c1-25-10-2-7-18-16(21)13-19-17(22)14-3-5-15(6-4-14)27(23,24)20-8-11-26-12-9-20/h3-6H,2,7-13H2,1H3,(H,18,21)(H,19,22). The number of benzene rings is 1. The second-order valence-electron chi connectivity index (χ2n) is 5.92. The molecule has 1 saturated heterocycles. The van der Waals surface area contributed by atoms with Gasteiger partial charge in [-0.15, -0.1) is 0 Å². The quantitative estimate of drug-likeness (QED) is 0.546. The van der Waals surface area contributed by atoms with Crippen LogP contribution in [0.25, 0.3) is 0 Å². The third kappa shape index (κ3) is 6.28. The molecular weight excluding hydrogens is 374 g/mol. The van der Waals surface area contributed by atoms with Crippen LogP contribution in [-0.2, 0) is 24.3 Å². The fourth-order valence-corrected chi connectivity index (χ4v) is 3.89. The number of hydrogen-bond acceptors (Lipinski definition) is 6. The van der Waals surface area contributed by atoms with Crippen LogP contribution in [0.3, 0.4) is 0 Å². The lowest BCUT2D eigenvalue weighted by Crippen LogP contribution is -2.40. The van der Waals surface area contributed by atoms with Gasteiger partial charge < -0.3 is 20.1 Å². The molecule has 0 aliphatic carbocycles. The van der Waals surface area contributed by atoms with Crippen LogP contribution in [-0.4, -0.2) is 77.6 Å². The highest BCUT2D eigenvalue weighted by Gasteiger charge is 2.26. The molecule has 150 valence electrons. The van der Waals surface area contributed by atoms with Crippen LogP contribution in [0.15, 0.2) is 29.2 Å². The molecule has 0 aromatic heterocycles. The number of sulfonamides is 1. The van der Waals surface area contributed by atoms with Gasteiger partial charge in [-0.05, 0) is 30.7 Å². The molecule has 0 radical (unpaired) electrons. The molecule has 2 rings (SSSR count). The normalized spacial score (nSPS) is 15.3. The van der Waals surface area contributed by atoms with Crippen molar-refractivity contribution in [2.24, 2.45) is 0 Å². The number of morpholine rings is 1. The highest BCUT2D eigenvalue weighted by Crippen LogP contribution is 2.17. The van der Waals surface area contributed by atoms with Gasteiger partial charge in [0.05, 0.1) is 24.7 Å². The molecule has 0 atom stereocenters. The van der Waals surface area contributed by atoms with Crippen LogP contribution in [0.5, 0.6) is 0 Å². The highest BCUT2D eigenvalue weighted by molar-refractivity contribution is 7.89. The van der Waals surface area contributed by atoms with Crippen molar-refractivity contribution in [2.45, 2.75) is 11.3 Å². The first-order valence-electron chi connectivity index (χ1n) is 8.67.